The highest BCUT2D eigenvalue weighted by Crippen LogP contribution is 2.75. The van der Waals surface area contributed by atoms with Crippen LogP contribution in [0, 0.1) is 40.9 Å². The van der Waals surface area contributed by atoms with Crippen LogP contribution >= 0.6 is 0 Å². The third-order valence-electron chi connectivity index (χ3n) is 7.90. The van der Waals surface area contributed by atoms with E-state index in [-0.39, 0.29) is 5.60 Å². The largest absolute Gasteiger partial charge is 0.396 e. The van der Waals surface area contributed by atoms with Gasteiger partial charge in [-0.2, -0.15) is 0 Å². The molecule has 1 N–H and O–H groups in total. The van der Waals surface area contributed by atoms with Crippen LogP contribution in [-0.2, 0) is 4.74 Å². The standard InChI is InChI=1S/C16H24O2/c1-18-16-5-12-9-2-15(8-17)3-10(12)14(7-16)11(4-15)13(9)6-16/h9-14,17H,2-8H2,1H3. The van der Waals surface area contributed by atoms with Crippen LogP contribution < -0.4 is 0 Å². The van der Waals surface area contributed by atoms with Gasteiger partial charge in [-0.15, -0.1) is 0 Å². The zero-order valence-electron chi connectivity index (χ0n) is 11.3. The number of aliphatic hydroxyl groups excluding tert-OH is 1. The van der Waals surface area contributed by atoms with E-state index in [9.17, 15) is 5.11 Å². The number of methoxy groups -OCH3 is 1. The molecule has 7 aliphatic carbocycles. The first-order valence-electron chi connectivity index (χ1n) is 7.85. The molecule has 0 radical (unpaired) electrons. The van der Waals surface area contributed by atoms with E-state index in [2.05, 4.69) is 0 Å². The third kappa shape index (κ3) is 0.987. The number of hydrogen-bond donors (Lipinski definition) is 1. The number of ether oxygens (including phenoxy) is 1. The summed E-state index contributed by atoms with van der Waals surface area (Å²) in [5, 5.41) is 9.87. The molecule has 100 valence electrons. The first kappa shape index (κ1) is 10.7. The fourth-order valence-corrected chi connectivity index (χ4v) is 7.45. The molecule has 7 saturated carbocycles. The van der Waals surface area contributed by atoms with E-state index in [1.807, 2.05) is 7.11 Å². The van der Waals surface area contributed by atoms with Crippen molar-refractivity contribution in [1.82, 2.24) is 0 Å². The van der Waals surface area contributed by atoms with Gasteiger partial charge < -0.3 is 9.84 Å². The van der Waals surface area contributed by atoms with Gasteiger partial charge in [-0.1, -0.05) is 0 Å². The predicted octanol–water partition coefficient (Wildman–Crippen LogP) is 2.46. The highest BCUT2D eigenvalue weighted by Gasteiger charge is 2.70. The molecular weight excluding hydrogens is 224 g/mol. The van der Waals surface area contributed by atoms with Crippen molar-refractivity contribution < 1.29 is 9.84 Å². The van der Waals surface area contributed by atoms with Crippen molar-refractivity contribution in [3.63, 3.8) is 0 Å². The predicted molar refractivity (Wildman–Crippen MR) is 67.9 cm³/mol. The third-order valence-corrected chi connectivity index (χ3v) is 7.90. The molecule has 0 unspecified atom stereocenters. The highest BCUT2D eigenvalue weighted by atomic mass is 16.5. The van der Waals surface area contributed by atoms with Crippen molar-refractivity contribution in [3.05, 3.63) is 0 Å². The van der Waals surface area contributed by atoms with Crippen LogP contribution in [0.4, 0.5) is 0 Å². The second-order valence-electron chi connectivity index (χ2n) is 8.25. The molecular formula is C16H24O2. The lowest BCUT2D eigenvalue weighted by atomic mass is 9.32. The Morgan fingerprint density at radius 1 is 0.833 bits per heavy atom. The zero-order valence-corrected chi connectivity index (χ0v) is 11.3. The van der Waals surface area contributed by atoms with E-state index in [0.717, 1.165) is 35.5 Å². The van der Waals surface area contributed by atoms with Crippen molar-refractivity contribution in [2.45, 2.75) is 44.1 Å². The maximum Gasteiger partial charge on any atom is 0.0687 e. The van der Waals surface area contributed by atoms with Crippen molar-refractivity contribution in [2.24, 2.45) is 40.9 Å². The van der Waals surface area contributed by atoms with E-state index >= 15 is 0 Å². The van der Waals surface area contributed by atoms with Crippen LogP contribution in [0.3, 0.4) is 0 Å². The molecule has 2 nitrogen and oxygen atoms in total. The summed E-state index contributed by atoms with van der Waals surface area (Å²) in [6, 6.07) is 0. The van der Waals surface area contributed by atoms with Gasteiger partial charge in [0.1, 0.15) is 0 Å². The lowest BCUT2D eigenvalue weighted by Gasteiger charge is -2.74. The van der Waals surface area contributed by atoms with Gasteiger partial charge in [0, 0.05) is 13.7 Å². The van der Waals surface area contributed by atoms with Crippen LogP contribution in [-0.4, -0.2) is 24.4 Å². The van der Waals surface area contributed by atoms with Crippen molar-refractivity contribution in [1.29, 1.82) is 0 Å². The molecule has 18 heavy (non-hydrogen) atoms. The number of aliphatic hydroxyl groups is 1. The van der Waals surface area contributed by atoms with Gasteiger partial charge in [0.25, 0.3) is 0 Å². The van der Waals surface area contributed by atoms with Gasteiger partial charge >= 0.3 is 0 Å². The maximum absolute atomic E-state index is 9.87. The zero-order chi connectivity index (χ0) is 12.1. The van der Waals surface area contributed by atoms with E-state index in [0.29, 0.717) is 12.0 Å². The normalized spacial score (nSPS) is 67.0. The SMILES string of the molecule is COC12CC3C4CC5(CO)CC3C(C1)C(C5)C4C2. The van der Waals surface area contributed by atoms with E-state index < -0.39 is 0 Å². The summed E-state index contributed by atoms with van der Waals surface area (Å²) < 4.78 is 5.98. The van der Waals surface area contributed by atoms with Gasteiger partial charge in [0.2, 0.25) is 0 Å². The lowest BCUT2D eigenvalue weighted by molar-refractivity contribution is -0.284. The van der Waals surface area contributed by atoms with Gasteiger partial charge in [-0.3, -0.25) is 0 Å². The Morgan fingerprint density at radius 3 is 1.56 bits per heavy atom. The first-order valence-corrected chi connectivity index (χ1v) is 7.85. The van der Waals surface area contributed by atoms with Crippen LogP contribution in [0.5, 0.6) is 0 Å². The molecule has 7 rings (SSSR count). The molecule has 0 saturated heterocycles. The lowest BCUT2D eigenvalue weighted by Crippen LogP contribution is -2.70. The maximum atomic E-state index is 9.87. The van der Waals surface area contributed by atoms with Gasteiger partial charge in [0.15, 0.2) is 0 Å². The molecule has 0 aliphatic heterocycles. The Balaban J connectivity index is 1.61. The van der Waals surface area contributed by atoms with Crippen molar-refractivity contribution in [3.8, 4) is 0 Å². The first-order chi connectivity index (χ1) is 8.69. The second-order valence-corrected chi connectivity index (χ2v) is 8.25. The van der Waals surface area contributed by atoms with Crippen LogP contribution in [0.1, 0.15) is 38.5 Å². The fraction of sp³-hybridized carbons (Fsp3) is 1.00. The summed E-state index contributed by atoms with van der Waals surface area (Å²) in [6.07, 6.45) is 8.00. The second kappa shape index (κ2) is 2.98. The average molecular weight is 248 g/mol. The molecule has 0 amide bonds. The summed E-state index contributed by atoms with van der Waals surface area (Å²) >= 11 is 0. The summed E-state index contributed by atoms with van der Waals surface area (Å²) in [4.78, 5) is 0. The minimum Gasteiger partial charge on any atom is -0.396 e. The molecule has 0 heterocycles. The number of rotatable bonds is 2. The summed E-state index contributed by atoms with van der Waals surface area (Å²) in [5.74, 6) is 5.65. The van der Waals surface area contributed by atoms with Crippen LogP contribution in [0.25, 0.3) is 0 Å². The molecule has 0 aromatic heterocycles. The summed E-state index contributed by atoms with van der Waals surface area (Å²) in [6.45, 7) is 0.456. The Labute approximate surface area is 109 Å². The quantitative estimate of drug-likeness (QED) is 0.813. The van der Waals surface area contributed by atoms with E-state index in [1.165, 1.54) is 38.5 Å². The van der Waals surface area contributed by atoms with Crippen molar-refractivity contribution in [2.75, 3.05) is 13.7 Å². The Hall–Kier alpha value is -0.0800. The van der Waals surface area contributed by atoms with Gasteiger partial charge in [-0.05, 0) is 79.4 Å². The molecule has 0 atom stereocenters. The Kier molecular flexibility index (Phi) is 1.77. The molecule has 7 aliphatic rings. The Morgan fingerprint density at radius 2 is 1.22 bits per heavy atom. The van der Waals surface area contributed by atoms with Crippen LogP contribution in [0.2, 0.25) is 0 Å². The highest BCUT2D eigenvalue weighted by molar-refractivity contribution is 5.19. The molecule has 2 heteroatoms. The topological polar surface area (TPSA) is 29.5 Å². The van der Waals surface area contributed by atoms with Crippen molar-refractivity contribution >= 4 is 0 Å². The minimum atomic E-state index is 0.264. The van der Waals surface area contributed by atoms with E-state index in [4.69, 9.17) is 4.74 Å². The van der Waals surface area contributed by atoms with Gasteiger partial charge in [-0.25, -0.2) is 0 Å². The number of hydrogen-bond acceptors (Lipinski definition) is 2. The fourth-order valence-electron chi connectivity index (χ4n) is 7.45. The summed E-state index contributed by atoms with van der Waals surface area (Å²) in [7, 11) is 1.95. The smallest absolute Gasteiger partial charge is 0.0687 e. The molecule has 0 spiro atoms. The average Bonchev–Trinajstić information content (AvgIpc) is 2.43. The Bertz CT molecular complexity index is 301. The summed E-state index contributed by atoms with van der Waals surface area (Å²) in [5.41, 5.74) is 0.605. The molecule has 8 bridgehead atoms. The van der Waals surface area contributed by atoms with Crippen LogP contribution in [0.15, 0.2) is 0 Å². The van der Waals surface area contributed by atoms with Gasteiger partial charge in [0.05, 0.1) is 5.60 Å². The molecule has 0 aromatic rings. The van der Waals surface area contributed by atoms with E-state index in [1.54, 1.807) is 0 Å². The monoisotopic (exact) mass is 248 g/mol. The molecule has 0 aromatic carbocycles. The molecule has 7 fully saturated rings. The minimum absolute atomic E-state index is 0.264.